The number of hydrogen-bond acceptors (Lipinski definition) is 2. The van der Waals surface area contributed by atoms with Crippen molar-refractivity contribution in [1.82, 2.24) is 0 Å². The van der Waals surface area contributed by atoms with Gasteiger partial charge in [0.2, 0.25) is 0 Å². The van der Waals surface area contributed by atoms with Gasteiger partial charge in [-0.25, -0.2) is 0 Å². The number of ketones is 1. The predicted octanol–water partition coefficient (Wildman–Crippen LogP) is 1.85. The third-order valence-electron chi connectivity index (χ3n) is 1.47. The first kappa shape index (κ1) is 8.53. The van der Waals surface area contributed by atoms with Crippen molar-refractivity contribution in [1.29, 1.82) is 0 Å². The van der Waals surface area contributed by atoms with Gasteiger partial charge in [0.05, 0.1) is 6.54 Å². The summed E-state index contributed by atoms with van der Waals surface area (Å²) in [5.74, 6) is -0.00106. The lowest BCUT2D eigenvalue weighted by Crippen LogP contribution is -2.10. The van der Waals surface area contributed by atoms with Crippen LogP contribution in [0.5, 0.6) is 0 Å². The van der Waals surface area contributed by atoms with E-state index >= 15 is 0 Å². The van der Waals surface area contributed by atoms with E-state index in [0.717, 1.165) is 5.69 Å². The van der Waals surface area contributed by atoms with Crippen LogP contribution in [0.15, 0.2) is 43.0 Å². The van der Waals surface area contributed by atoms with Gasteiger partial charge >= 0.3 is 0 Å². The van der Waals surface area contributed by atoms with Crippen LogP contribution in [0.1, 0.15) is 0 Å². The van der Waals surface area contributed by atoms with Gasteiger partial charge in [0, 0.05) is 5.69 Å². The zero-order valence-corrected chi connectivity index (χ0v) is 6.79. The van der Waals surface area contributed by atoms with Crippen molar-refractivity contribution in [3.05, 3.63) is 43.0 Å². The van der Waals surface area contributed by atoms with E-state index in [2.05, 4.69) is 11.9 Å². The SMILES string of the molecule is C=CC(=O)CNc1ccccc1. The molecule has 1 rings (SSSR count). The highest BCUT2D eigenvalue weighted by atomic mass is 16.1. The van der Waals surface area contributed by atoms with E-state index < -0.39 is 0 Å². The molecule has 0 saturated carbocycles. The summed E-state index contributed by atoms with van der Waals surface area (Å²) in [6, 6.07) is 9.59. The molecule has 0 spiro atoms. The molecule has 0 heterocycles. The number of carbonyl (C=O) groups is 1. The zero-order valence-electron chi connectivity index (χ0n) is 6.79. The number of carbonyl (C=O) groups excluding carboxylic acids is 1. The molecule has 62 valence electrons. The van der Waals surface area contributed by atoms with Crippen molar-refractivity contribution in [2.75, 3.05) is 11.9 Å². The lowest BCUT2D eigenvalue weighted by Gasteiger charge is -2.01. The molecule has 0 aliphatic rings. The van der Waals surface area contributed by atoms with Gasteiger partial charge in [-0.05, 0) is 18.2 Å². The molecule has 0 fully saturated rings. The summed E-state index contributed by atoms with van der Waals surface area (Å²) in [4.78, 5) is 10.8. The Morgan fingerprint density at radius 1 is 1.42 bits per heavy atom. The van der Waals surface area contributed by atoms with Gasteiger partial charge in [-0.1, -0.05) is 24.8 Å². The smallest absolute Gasteiger partial charge is 0.174 e. The van der Waals surface area contributed by atoms with Crippen molar-refractivity contribution in [3.8, 4) is 0 Å². The Labute approximate surface area is 71.9 Å². The van der Waals surface area contributed by atoms with Crippen LogP contribution in [0.25, 0.3) is 0 Å². The van der Waals surface area contributed by atoms with E-state index in [0.29, 0.717) is 6.54 Å². The van der Waals surface area contributed by atoms with Crippen LogP contribution in [0.4, 0.5) is 5.69 Å². The first-order chi connectivity index (χ1) is 5.83. The van der Waals surface area contributed by atoms with E-state index in [1.54, 1.807) is 0 Å². The van der Waals surface area contributed by atoms with Crippen molar-refractivity contribution < 1.29 is 4.79 Å². The Hall–Kier alpha value is -1.57. The largest absolute Gasteiger partial charge is 0.378 e. The maximum Gasteiger partial charge on any atom is 0.174 e. The number of anilines is 1. The fourth-order valence-corrected chi connectivity index (χ4v) is 0.817. The minimum absolute atomic E-state index is 0.00106. The molecule has 0 amide bonds. The number of benzene rings is 1. The van der Waals surface area contributed by atoms with Crippen molar-refractivity contribution in [2.45, 2.75) is 0 Å². The van der Waals surface area contributed by atoms with Crippen LogP contribution in [-0.2, 0) is 4.79 Å². The minimum atomic E-state index is -0.00106. The summed E-state index contributed by atoms with van der Waals surface area (Å²) in [7, 11) is 0. The molecule has 1 N–H and O–H groups in total. The third-order valence-corrected chi connectivity index (χ3v) is 1.47. The zero-order chi connectivity index (χ0) is 8.81. The highest BCUT2D eigenvalue weighted by Crippen LogP contribution is 2.03. The predicted molar refractivity (Wildman–Crippen MR) is 50.1 cm³/mol. The van der Waals surface area contributed by atoms with Crippen LogP contribution in [0.3, 0.4) is 0 Å². The summed E-state index contributed by atoms with van der Waals surface area (Å²) in [5.41, 5.74) is 0.952. The lowest BCUT2D eigenvalue weighted by atomic mass is 10.3. The molecule has 0 radical (unpaired) electrons. The molecule has 0 aliphatic heterocycles. The van der Waals surface area contributed by atoms with E-state index in [4.69, 9.17) is 0 Å². The normalized spacial score (nSPS) is 9.00. The van der Waals surface area contributed by atoms with Gasteiger partial charge in [-0.3, -0.25) is 4.79 Å². The molecule has 2 heteroatoms. The van der Waals surface area contributed by atoms with E-state index in [1.807, 2.05) is 30.3 Å². The highest BCUT2D eigenvalue weighted by Gasteiger charge is 1.93. The lowest BCUT2D eigenvalue weighted by molar-refractivity contribution is -0.113. The quantitative estimate of drug-likeness (QED) is 0.683. The number of rotatable bonds is 4. The molecule has 0 aromatic heterocycles. The van der Waals surface area contributed by atoms with Gasteiger partial charge < -0.3 is 5.32 Å². The average molecular weight is 161 g/mol. The molecular formula is C10H11NO. The van der Waals surface area contributed by atoms with Crippen molar-refractivity contribution in [2.24, 2.45) is 0 Å². The highest BCUT2D eigenvalue weighted by molar-refractivity contribution is 5.92. The Morgan fingerprint density at radius 3 is 2.67 bits per heavy atom. The third kappa shape index (κ3) is 2.58. The van der Waals surface area contributed by atoms with Gasteiger partial charge in [0.1, 0.15) is 0 Å². The minimum Gasteiger partial charge on any atom is -0.378 e. The van der Waals surface area contributed by atoms with Gasteiger partial charge in [-0.2, -0.15) is 0 Å². The molecule has 0 unspecified atom stereocenters. The van der Waals surface area contributed by atoms with Gasteiger partial charge in [0.25, 0.3) is 0 Å². The summed E-state index contributed by atoms with van der Waals surface area (Å²) < 4.78 is 0. The molecule has 0 aliphatic carbocycles. The fourth-order valence-electron chi connectivity index (χ4n) is 0.817. The second kappa shape index (κ2) is 4.34. The number of hydrogen-bond donors (Lipinski definition) is 1. The standard InChI is InChI=1S/C10H11NO/c1-2-10(12)8-11-9-6-4-3-5-7-9/h2-7,11H,1,8H2. The van der Waals surface area contributed by atoms with E-state index in [9.17, 15) is 4.79 Å². The first-order valence-corrected chi connectivity index (χ1v) is 3.77. The molecule has 0 saturated heterocycles. The second-order valence-corrected chi connectivity index (χ2v) is 2.39. The Balaban J connectivity index is 2.43. The summed E-state index contributed by atoms with van der Waals surface area (Å²) in [6.07, 6.45) is 1.32. The topological polar surface area (TPSA) is 29.1 Å². The Morgan fingerprint density at radius 2 is 2.08 bits per heavy atom. The van der Waals surface area contributed by atoms with Crippen LogP contribution in [-0.4, -0.2) is 12.3 Å². The summed E-state index contributed by atoms with van der Waals surface area (Å²) >= 11 is 0. The molecular weight excluding hydrogens is 150 g/mol. The van der Waals surface area contributed by atoms with Crippen molar-refractivity contribution >= 4 is 11.5 Å². The molecule has 1 aromatic carbocycles. The van der Waals surface area contributed by atoms with Crippen LogP contribution in [0, 0.1) is 0 Å². The maximum atomic E-state index is 10.8. The maximum absolute atomic E-state index is 10.8. The van der Waals surface area contributed by atoms with Crippen LogP contribution >= 0.6 is 0 Å². The van der Waals surface area contributed by atoms with Crippen LogP contribution in [0.2, 0.25) is 0 Å². The second-order valence-electron chi connectivity index (χ2n) is 2.39. The molecule has 12 heavy (non-hydrogen) atoms. The van der Waals surface area contributed by atoms with E-state index in [1.165, 1.54) is 6.08 Å². The molecule has 0 atom stereocenters. The molecule has 2 nitrogen and oxygen atoms in total. The summed E-state index contributed by atoms with van der Waals surface area (Å²) in [5, 5.41) is 2.97. The van der Waals surface area contributed by atoms with Gasteiger partial charge in [0.15, 0.2) is 5.78 Å². The Bertz CT molecular complexity index is 266. The monoisotopic (exact) mass is 161 g/mol. The number of nitrogens with one attached hydrogen (secondary N) is 1. The van der Waals surface area contributed by atoms with Gasteiger partial charge in [-0.15, -0.1) is 0 Å². The molecule has 0 bridgehead atoms. The van der Waals surface area contributed by atoms with E-state index in [-0.39, 0.29) is 5.78 Å². The first-order valence-electron chi connectivity index (χ1n) is 3.77. The van der Waals surface area contributed by atoms with Crippen molar-refractivity contribution in [3.63, 3.8) is 0 Å². The Kier molecular flexibility index (Phi) is 3.08. The number of para-hydroxylation sites is 1. The molecule has 1 aromatic rings. The summed E-state index contributed by atoms with van der Waals surface area (Å²) in [6.45, 7) is 3.70. The average Bonchev–Trinajstić information content (AvgIpc) is 2.16. The van der Waals surface area contributed by atoms with Crippen LogP contribution < -0.4 is 5.32 Å². The fraction of sp³-hybridized carbons (Fsp3) is 0.100.